The summed E-state index contributed by atoms with van der Waals surface area (Å²) in [5, 5.41) is 62.8. The van der Waals surface area contributed by atoms with Crippen molar-refractivity contribution >= 4 is 70.8 Å². The molecular weight excluding hydrogens is 977 g/mol. The highest BCUT2D eigenvalue weighted by molar-refractivity contribution is 5.83. The van der Waals surface area contributed by atoms with Gasteiger partial charge in [-0.3, -0.25) is 63.4 Å². The number of non-ortho nitro benzene ring substituents is 2. The van der Waals surface area contributed by atoms with Crippen LogP contribution in [0.1, 0.15) is 90.5 Å². The molecule has 73 heavy (non-hydrogen) atoms. The molecule has 4 atom stereocenters. The molecule has 0 saturated carbocycles. The molecule has 0 fully saturated rings. The van der Waals surface area contributed by atoms with Gasteiger partial charge < -0.3 is 74.1 Å². The normalized spacial score (nSPS) is 10.5. The highest BCUT2D eigenvalue weighted by Crippen LogP contribution is 2.18. The molecule has 0 spiro atoms. The summed E-state index contributed by atoms with van der Waals surface area (Å²) in [4.78, 5) is 122. The van der Waals surface area contributed by atoms with E-state index in [1.165, 1.54) is 90.1 Å². The first kappa shape index (κ1) is 81.7. The molecule has 2 aromatic carbocycles. The van der Waals surface area contributed by atoms with Crippen molar-refractivity contribution in [1.29, 1.82) is 0 Å². The summed E-state index contributed by atoms with van der Waals surface area (Å²) in [6.07, 6.45) is 2.16. The van der Waals surface area contributed by atoms with E-state index in [0.29, 0.717) is 24.5 Å². The molecule has 0 aliphatic rings. The van der Waals surface area contributed by atoms with Crippen molar-refractivity contribution in [2.24, 2.45) is 22.9 Å². The standard InChI is InChI=1S/2C8H7NO4.C7H12N2O4.C6H14N2O2.2C5H10N2O3.4CH4/c2*1-6(10)13-8-4-2-7(3-5-8)9(11)12;1-4(10)8-3-6(7(12)13)9-5(2)11;7-4-2-1-3-5(8)6(9)10;2*1-3(8)7-2-4(6)5(9)10;;;;/h2*2-5H,1H3;6H,3H2,1-2H3,(H,8,10)(H,9,11)(H,12,13);5H,1-4,7-8H2,(H,9,10);2*4H,2,6H2,1H3,(H,7,8)(H,9,10);4*1H4. The molecule has 0 bridgehead atoms. The van der Waals surface area contributed by atoms with Crippen molar-refractivity contribution in [2.45, 2.75) is 115 Å². The van der Waals surface area contributed by atoms with E-state index in [9.17, 15) is 68.2 Å². The Morgan fingerprint density at radius 1 is 0.507 bits per heavy atom. The number of nitrogens with zero attached hydrogens (tertiary/aromatic N) is 2. The third kappa shape index (κ3) is 53.0. The minimum absolute atomic E-state index is 0. The van der Waals surface area contributed by atoms with Gasteiger partial charge in [-0.1, -0.05) is 36.1 Å². The van der Waals surface area contributed by atoms with Gasteiger partial charge in [0.25, 0.3) is 11.4 Å². The minimum Gasteiger partial charge on any atom is -0.480 e. The molecule has 0 aliphatic carbocycles. The number of nitrogens with two attached hydrogens (primary N) is 4. The molecule has 2 aromatic rings. The van der Waals surface area contributed by atoms with Crippen molar-refractivity contribution in [3.63, 3.8) is 0 Å². The van der Waals surface area contributed by atoms with E-state index in [-0.39, 0.29) is 78.4 Å². The molecule has 0 aliphatic heterocycles. The molecule has 0 radical (unpaired) electrons. The van der Waals surface area contributed by atoms with E-state index >= 15 is 0 Å². The summed E-state index contributed by atoms with van der Waals surface area (Å²) in [6, 6.07) is 6.80. The Balaban J connectivity index is -0.000000115. The fraction of sp³-hybridized carbons (Fsp3) is 0.488. The second kappa shape index (κ2) is 47.5. The van der Waals surface area contributed by atoms with Gasteiger partial charge in [-0.05, 0) is 43.7 Å². The van der Waals surface area contributed by atoms with Crippen LogP contribution in [0.4, 0.5) is 11.4 Å². The lowest BCUT2D eigenvalue weighted by atomic mass is 10.1. The summed E-state index contributed by atoms with van der Waals surface area (Å²) in [5.41, 5.74) is 20.5. The number of benzene rings is 2. The second-order valence-electron chi connectivity index (χ2n) is 13.2. The lowest BCUT2D eigenvalue weighted by molar-refractivity contribution is -0.385. The Hall–Kier alpha value is -8.22. The minimum atomic E-state index is -1.18. The largest absolute Gasteiger partial charge is 0.480 e. The summed E-state index contributed by atoms with van der Waals surface area (Å²) < 4.78 is 9.37. The zero-order valence-corrected chi connectivity index (χ0v) is 38.4. The summed E-state index contributed by atoms with van der Waals surface area (Å²) in [7, 11) is 0. The molecule has 30 nitrogen and oxygen atoms in total. The van der Waals surface area contributed by atoms with Crippen LogP contribution in [0, 0.1) is 20.2 Å². The number of carboxylic acid groups (broad SMARTS) is 4. The number of carbonyl (C=O) groups excluding carboxylic acids is 6. The Kier molecular flexibility index (Phi) is 53.1. The summed E-state index contributed by atoms with van der Waals surface area (Å²) >= 11 is 0. The number of amides is 4. The molecule has 0 heterocycles. The molecule has 16 N–H and O–H groups in total. The maximum atomic E-state index is 10.5. The van der Waals surface area contributed by atoms with Crippen LogP contribution in [-0.4, -0.2) is 140 Å². The Labute approximate surface area is 423 Å². The number of ether oxygens (including phenoxy) is 2. The first-order chi connectivity index (χ1) is 31.9. The molecule has 4 unspecified atom stereocenters. The van der Waals surface area contributed by atoms with Crippen LogP contribution in [0.25, 0.3) is 0 Å². The third-order valence-corrected chi connectivity index (χ3v) is 6.91. The third-order valence-electron chi connectivity index (χ3n) is 6.91. The monoisotopic (exact) mass is 1050 g/mol. The molecule has 30 heteroatoms. The van der Waals surface area contributed by atoms with E-state index in [2.05, 4.69) is 30.7 Å². The van der Waals surface area contributed by atoms with E-state index in [1.54, 1.807) is 0 Å². The first-order valence-electron chi connectivity index (χ1n) is 19.6. The van der Waals surface area contributed by atoms with Crippen molar-refractivity contribution in [1.82, 2.24) is 21.3 Å². The average Bonchev–Trinajstić information content (AvgIpc) is 3.24. The number of esters is 2. The molecular formula is C43H76N10O20. The van der Waals surface area contributed by atoms with Crippen LogP contribution in [0.15, 0.2) is 48.5 Å². The van der Waals surface area contributed by atoms with Gasteiger partial charge in [0.2, 0.25) is 23.6 Å². The van der Waals surface area contributed by atoms with Gasteiger partial charge in [-0.25, -0.2) is 4.79 Å². The molecule has 2 rings (SSSR count). The predicted octanol–water partition coefficient (Wildman–Crippen LogP) is 0.892. The lowest BCUT2D eigenvalue weighted by Gasteiger charge is -2.12. The SMILES string of the molecule is C.C.C.C.CC(=O)NCC(N)C(=O)O.CC(=O)NCC(N)C(=O)O.CC(=O)NCC(NC(C)=O)C(=O)O.CC(=O)Oc1ccc([N+](=O)[O-])cc1.CC(=O)Oc1ccc([N+](=O)[O-])cc1.NCCCCC(N)C(=O)O. The number of nitro groups is 2. The van der Waals surface area contributed by atoms with Gasteiger partial charge in [0.15, 0.2) is 0 Å². The fourth-order valence-electron chi connectivity index (χ4n) is 3.61. The Morgan fingerprint density at radius 3 is 1.03 bits per heavy atom. The average molecular weight is 1050 g/mol. The number of aliphatic carboxylic acids is 4. The number of hydrogen-bond acceptors (Lipinski definition) is 20. The van der Waals surface area contributed by atoms with Gasteiger partial charge in [0.1, 0.15) is 35.7 Å². The number of carbonyl (C=O) groups is 10. The van der Waals surface area contributed by atoms with Crippen LogP contribution >= 0.6 is 0 Å². The quantitative estimate of drug-likeness (QED) is 0.0306. The molecule has 0 aromatic heterocycles. The van der Waals surface area contributed by atoms with Gasteiger partial charge in [0, 0.05) is 85.4 Å². The maximum Gasteiger partial charge on any atom is 0.328 e. The van der Waals surface area contributed by atoms with Crippen LogP contribution in [0.5, 0.6) is 11.5 Å². The second-order valence-corrected chi connectivity index (χ2v) is 13.2. The topological polar surface area (TPSA) is 509 Å². The maximum absolute atomic E-state index is 10.5. The van der Waals surface area contributed by atoms with E-state index in [1.807, 2.05) is 0 Å². The highest BCUT2D eigenvalue weighted by atomic mass is 16.6. The molecule has 4 amide bonds. The van der Waals surface area contributed by atoms with Crippen molar-refractivity contribution in [2.75, 3.05) is 26.2 Å². The van der Waals surface area contributed by atoms with Crippen LogP contribution < -0.4 is 53.7 Å². The summed E-state index contributed by atoms with van der Waals surface area (Å²) in [6.45, 7) is 8.06. The Morgan fingerprint density at radius 2 is 0.808 bits per heavy atom. The number of hydrogen-bond donors (Lipinski definition) is 12. The highest BCUT2D eigenvalue weighted by Gasteiger charge is 2.18. The van der Waals surface area contributed by atoms with Crippen molar-refractivity contribution in [3.8, 4) is 11.5 Å². The zero-order chi connectivity index (χ0) is 54.4. The fourth-order valence-corrected chi connectivity index (χ4v) is 3.61. The zero-order valence-electron chi connectivity index (χ0n) is 38.4. The van der Waals surface area contributed by atoms with E-state index in [4.69, 9.17) is 43.4 Å². The predicted molar refractivity (Wildman–Crippen MR) is 267 cm³/mol. The number of carboxylic acids is 4. The molecule has 0 saturated heterocycles. The van der Waals surface area contributed by atoms with E-state index in [0.717, 1.165) is 12.8 Å². The Bertz CT molecular complexity index is 1890. The lowest BCUT2D eigenvalue weighted by Crippen LogP contribution is -2.47. The number of nitro benzene ring substituents is 2. The van der Waals surface area contributed by atoms with Gasteiger partial charge in [0.05, 0.1) is 9.85 Å². The van der Waals surface area contributed by atoms with Gasteiger partial charge in [-0.2, -0.15) is 0 Å². The smallest absolute Gasteiger partial charge is 0.328 e. The first-order valence-corrected chi connectivity index (χ1v) is 19.6. The van der Waals surface area contributed by atoms with Crippen molar-refractivity contribution in [3.05, 3.63) is 68.8 Å². The van der Waals surface area contributed by atoms with Gasteiger partial charge in [-0.15, -0.1) is 0 Å². The van der Waals surface area contributed by atoms with Gasteiger partial charge >= 0.3 is 35.8 Å². The molecule has 418 valence electrons. The van der Waals surface area contributed by atoms with E-state index < -0.39 is 75.7 Å². The number of rotatable bonds is 19. The number of unbranched alkanes of at least 4 members (excludes halogenated alkanes) is 1. The van der Waals surface area contributed by atoms with Crippen molar-refractivity contribution < 1.29 is 87.7 Å². The van der Waals surface area contributed by atoms with Crippen LogP contribution in [0.2, 0.25) is 0 Å². The van der Waals surface area contributed by atoms with Crippen LogP contribution in [0.3, 0.4) is 0 Å². The summed E-state index contributed by atoms with van der Waals surface area (Å²) in [5.74, 6) is -5.98. The van der Waals surface area contributed by atoms with Crippen LogP contribution in [-0.2, 0) is 47.9 Å². The number of nitrogens with one attached hydrogen (secondary N) is 4.